The molecule has 6 heteroatoms. The van der Waals surface area contributed by atoms with Gasteiger partial charge in [-0.15, -0.1) is 0 Å². The van der Waals surface area contributed by atoms with Gasteiger partial charge in [0.05, 0.1) is 17.0 Å². The van der Waals surface area contributed by atoms with Crippen LogP contribution >= 0.6 is 0 Å². The zero-order valence-electron chi connectivity index (χ0n) is 10.7. The van der Waals surface area contributed by atoms with Crippen molar-refractivity contribution in [3.05, 3.63) is 0 Å². The molecular weight excluding hydrogens is 240 g/mol. The zero-order chi connectivity index (χ0) is 13.1. The second kappa shape index (κ2) is 5.35. The first-order chi connectivity index (χ1) is 7.76. The van der Waals surface area contributed by atoms with E-state index < -0.39 is 15.4 Å². The average Bonchev–Trinajstić information content (AvgIpc) is 2.39. The van der Waals surface area contributed by atoms with Crippen LogP contribution in [0.3, 0.4) is 0 Å². The third kappa shape index (κ3) is 4.63. The van der Waals surface area contributed by atoms with Crippen molar-refractivity contribution in [3.8, 4) is 0 Å². The van der Waals surface area contributed by atoms with Crippen LogP contribution in [0.1, 0.15) is 33.6 Å². The lowest BCUT2D eigenvalue weighted by Crippen LogP contribution is -2.48. The second-order valence-corrected chi connectivity index (χ2v) is 7.30. The number of rotatable bonds is 5. The Bertz CT molecular complexity index is 380. The smallest absolute Gasteiger partial charge is 0.222 e. The van der Waals surface area contributed by atoms with Crippen LogP contribution in [0.4, 0.5) is 0 Å². The van der Waals surface area contributed by atoms with Gasteiger partial charge in [0.25, 0.3) is 0 Å². The molecule has 1 rings (SSSR count). The molecule has 2 unspecified atom stereocenters. The van der Waals surface area contributed by atoms with E-state index in [2.05, 4.69) is 10.6 Å². The summed E-state index contributed by atoms with van der Waals surface area (Å²) in [5.74, 6) is 0.145. The molecule has 0 bridgehead atoms. The van der Waals surface area contributed by atoms with E-state index >= 15 is 0 Å². The minimum absolute atomic E-state index is 0.0569. The first-order valence-corrected chi connectivity index (χ1v) is 7.83. The van der Waals surface area contributed by atoms with Crippen molar-refractivity contribution < 1.29 is 13.2 Å². The van der Waals surface area contributed by atoms with Crippen LogP contribution in [0.25, 0.3) is 0 Å². The van der Waals surface area contributed by atoms with Crippen molar-refractivity contribution in [1.82, 2.24) is 10.6 Å². The van der Waals surface area contributed by atoms with Crippen LogP contribution in [0.15, 0.2) is 0 Å². The van der Waals surface area contributed by atoms with Crippen LogP contribution in [0.2, 0.25) is 0 Å². The Morgan fingerprint density at radius 3 is 2.59 bits per heavy atom. The quantitative estimate of drug-likeness (QED) is 0.735. The lowest BCUT2D eigenvalue weighted by molar-refractivity contribution is -0.123. The van der Waals surface area contributed by atoms with Crippen molar-refractivity contribution in [1.29, 1.82) is 0 Å². The number of carbonyl (C=O) groups is 1. The highest BCUT2D eigenvalue weighted by atomic mass is 32.2. The molecule has 0 aromatic heterocycles. The largest absolute Gasteiger partial charge is 0.350 e. The Balaban J connectivity index is 2.46. The molecule has 0 aliphatic carbocycles. The molecule has 1 aliphatic rings. The molecule has 5 nitrogen and oxygen atoms in total. The van der Waals surface area contributed by atoms with Gasteiger partial charge in [-0.1, -0.05) is 6.92 Å². The van der Waals surface area contributed by atoms with Gasteiger partial charge in [0.15, 0.2) is 9.84 Å². The predicted molar refractivity (Wildman–Crippen MR) is 67.6 cm³/mol. The summed E-state index contributed by atoms with van der Waals surface area (Å²) in [6.07, 6.45) is 0.889. The number of nitrogens with one attached hydrogen (secondary N) is 2. The van der Waals surface area contributed by atoms with Gasteiger partial charge in [-0.05, 0) is 26.8 Å². The van der Waals surface area contributed by atoms with E-state index in [0.29, 0.717) is 12.8 Å². The Morgan fingerprint density at radius 2 is 2.12 bits per heavy atom. The normalized spacial score (nSPS) is 28.9. The first-order valence-electron chi connectivity index (χ1n) is 6.01. The molecule has 2 N–H and O–H groups in total. The highest BCUT2D eigenvalue weighted by Gasteiger charge is 2.39. The maximum absolute atomic E-state index is 11.8. The molecule has 1 saturated heterocycles. The Hall–Kier alpha value is -0.620. The van der Waals surface area contributed by atoms with Crippen LogP contribution in [-0.2, 0) is 14.6 Å². The maximum Gasteiger partial charge on any atom is 0.222 e. The van der Waals surface area contributed by atoms with Gasteiger partial charge in [-0.3, -0.25) is 4.79 Å². The van der Waals surface area contributed by atoms with E-state index in [-0.39, 0.29) is 23.5 Å². The lowest BCUT2D eigenvalue weighted by Gasteiger charge is -2.25. The summed E-state index contributed by atoms with van der Waals surface area (Å²) in [6, 6.07) is 0.113. The fraction of sp³-hybridized carbons (Fsp3) is 0.909. The molecule has 0 saturated carbocycles. The van der Waals surface area contributed by atoms with Gasteiger partial charge >= 0.3 is 0 Å². The Morgan fingerprint density at radius 1 is 1.47 bits per heavy atom. The van der Waals surface area contributed by atoms with Crippen LogP contribution in [0.5, 0.6) is 0 Å². The van der Waals surface area contributed by atoms with E-state index in [0.717, 1.165) is 6.54 Å². The van der Waals surface area contributed by atoms with Gasteiger partial charge in [-0.2, -0.15) is 0 Å². The van der Waals surface area contributed by atoms with Crippen molar-refractivity contribution in [2.75, 3.05) is 18.1 Å². The molecule has 0 aromatic rings. The number of carbonyl (C=O) groups excluding carboxylic acids is 1. The van der Waals surface area contributed by atoms with Gasteiger partial charge < -0.3 is 10.6 Å². The lowest BCUT2D eigenvalue weighted by atomic mass is 10.0. The van der Waals surface area contributed by atoms with Crippen LogP contribution in [-0.4, -0.2) is 44.0 Å². The summed E-state index contributed by atoms with van der Waals surface area (Å²) in [6.45, 7) is 6.55. The van der Waals surface area contributed by atoms with Crippen molar-refractivity contribution in [2.24, 2.45) is 0 Å². The van der Waals surface area contributed by atoms with Crippen molar-refractivity contribution in [2.45, 2.75) is 45.2 Å². The maximum atomic E-state index is 11.8. The second-order valence-electron chi connectivity index (χ2n) is 5.11. The average molecular weight is 262 g/mol. The summed E-state index contributed by atoms with van der Waals surface area (Å²) in [4.78, 5) is 11.8. The van der Waals surface area contributed by atoms with Gasteiger partial charge in [0.2, 0.25) is 5.91 Å². The fourth-order valence-electron chi connectivity index (χ4n) is 2.20. The number of hydrogen-bond donors (Lipinski definition) is 2. The van der Waals surface area contributed by atoms with Crippen molar-refractivity contribution in [3.63, 3.8) is 0 Å². The van der Waals surface area contributed by atoms with Crippen LogP contribution < -0.4 is 10.6 Å². The highest BCUT2D eigenvalue weighted by Crippen LogP contribution is 2.22. The third-order valence-corrected chi connectivity index (χ3v) is 4.89. The summed E-state index contributed by atoms with van der Waals surface area (Å²) in [7, 11) is -2.97. The summed E-state index contributed by atoms with van der Waals surface area (Å²) in [5, 5.41) is 5.99. The minimum atomic E-state index is -2.97. The topological polar surface area (TPSA) is 75.3 Å². The zero-order valence-corrected chi connectivity index (χ0v) is 11.6. The molecular formula is C11H22N2O3S. The molecule has 0 aromatic carbocycles. The van der Waals surface area contributed by atoms with Crippen LogP contribution in [0, 0.1) is 0 Å². The summed E-state index contributed by atoms with van der Waals surface area (Å²) in [5.41, 5.74) is -0.581. The van der Waals surface area contributed by atoms with E-state index in [9.17, 15) is 13.2 Å². The monoisotopic (exact) mass is 262 g/mol. The SMILES string of the molecule is CCNC(C)CC(=O)NC1(C)CCS(=O)(=O)C1. The number of amides is 1. The van der Waals surface area contributed by atoms with Gasteiger partial charge in [0.1, 0.15) is 0 Å². The van der Waals surface area contributed by atoms with E-state index in [1.54, 1.807) is 6.92 Å². The first kappa shape index (κ1) is 14.4. The molecule has 2 atom stereocenters. The number of sulfone groups is 1. The minimum Gasteiger partial charge on any atom is -0.350 e. The molecule has 0 radical (unpaired) electrons. The van der Waals surface area contributed by atoms with E-state index in [4.69, 9.17) is 0 Å². The third-order valence-electron chi connectivity index (χ3n) is 2.99. The predicted octanol–water partition coefficient (Wildman–Crippen LogP) is 0.0679. The number of hydrogen-bond acceptors (Lipinski definition) is 4. The summed E-state index contributed by atoms with van der Waals surface area (Å²) >= 11 is 0. The van der Waals surface area contributed by atoms with E-state index in [1.165, 1.54) is 0 Å². The molecule has 1 fully saturated rings. The highest BCUT2D eigenvalue weighted by molar-refractivity contribution is 7.91. The molecule has 1 amide bonds. The molecule has 1 aliphatic heterocycles. The van der Waals surface area contributed by atoms with Crippen molar-refractivity contribution >= 4 is 15.7 Å². The molecule has 17 heavy (non-hydrogen) atoms. The molecule has 0 spiro atoms. The fourth-order valence-corrected chi connectivity index (χ4v) is 4.29. The Kier molecular flexibility index (Phi) is 4.55. The molecule has 1 heterocycles. The van der Waals surface area contributed by atoms with E-state index in [1.807, 2.05) is 13.8 Å². The Labute approximate surface area is 103 Å². The standard InChI is InChI=1S/C11H22N2O3S/c1-4-12-9(2)7-10(14)13-11(3)5-6-17(15,16)8-11/h9,12H,4-8H2,1-3H3,(H,13,14). The molecule has 100 valence electrons. The summed E-state index contributed by atoms with van der Waals surface area (Å²) < 4.78 is 22.8. The van der Waals surface area contributed by atoms with Gasteiger partial charge in [0, 0.05) is 12.5 Å². The van der Waals surface area contributed by atoms with Gasteiger partial charge in [-0.25, -0.2) is 8.42 Å².